The zero-order valence-corrected chi connectivity index (χ0v) is 19.3. The number of fused-ring (bicyclic) bond motifs is 1. The summed E-state index contributed by atoms with van der Waals surface area (Å²) >= 11 is 0. The lowest BCUT2D eigenvalue weighted by Gasteiger charge is -2.20. The molecule has 3 rings (SSSR count). The molecule has 11 heteroatoms. The maximum absolute atomic E-state index is 13.0. The van der Waals surface area contributed by atoms with E-state index in [0.29, 0.717) is 31.8 Å². The van der Waals surface area contributed by atoms with Crippen LogP contribution in [0.15, 0.2) is 24.3 Å². The highest BCUT2D eigenvalue weighted by Crippen LogP contribution is 2.18. The number of hydrogen-bond acceptors (Lipinski definition) is 6. The van der Waals surface area contributed by atoms with Gasteiger partial charge in [0.15, 0.2) is 0 Å². The summed E-state index contributed by atoms with van der Waals surface area (Å²) in [4.78, 5) is 65.4. The second-order valence-corrected chi connectivity index (χ2v) is 8.27. The highest BCUT2D eigenvalue weighted by atomic mass is 16.5. The van der Waals surface area contributed by atoms with E-state index in [9.17, 15) is 24.0 Å². The van der Waals surface area contributed by atoms with Gasteiger partial charge < -0.3 is 30.5 Å². The van der Waals surface area contributed by atoms with Crippen molar-refractivity contribution in [1.82, 2.24) is 25.8 Å². The number of nitrogens with zero attached hydrogens (tertiary/aromatic N) is 2. The van der Waals surface area contributed by atoms with Crippen molar-refractivity contribution in [2.75, 3.05) is 46.4 Å². The molecule has 1 saturated heterocycles. The third-order valence-electron chi connectivity index (χ3n) is 5.77. The minimum atomic E-state index is -1.14. The van der Waals surface area contributed by atoms with Crippen LogP contribution in [-0.2, 0) is 19.2 Å². The summed E-state index contributed by atoms with van der Waals surface area (Å²) in [6, 6.07) is 5.43. The van der Waals surface area contributed by atoms with Crippen LogP contribution in [-0.4, -0.2) is 91.8 Å². The number of para-hydroxylation sites is 1. The number of ether oxygens (including phenoxy) is 1. The monoisotopic (exact) mass is 473 g/mol. The molecule has 3 N–H and O–H groups in total. The van der Waals surface area contributed by atoms with Gasteiger partial charge in [-0.05, 0) is 18.6 Å². The summed E-state index contributed by atoms with van der Waals surface area (Å²) in [5.74, 6) is -1.36. The standard InChI is InChI=1S/C23H31N5O6/c1-27-13-14-34-18-6-3-2-5-16(18)22(32)26-17(15-19(29)24-9-8-20(27)30)23(33)25-10-12-28-11-4-7-21(28)31/h2-3,5-6,17H,4,7-15H2,1H3,(H,24,29)(H,25,33)(H,26,32)/t17-/m0/s1. The van der Waals surface area contributed by atoms with Crippen LogP contribution in [0.4, 0.5) is 0 Å². The van der Waals surface area contributed by atoms with E-state index >= 15 is 0 Å². The third kappa shape index (κ3) is 6.93. The molecule has 1 fully saturated rings. The van der Waals surface area contributed by atoms with Gasteiger partial charge in [0.25, 0.3) is 5.91 Å². The first-order valence-electron chi connectivity index (χ1n) is 11.4. The second kappa shape index (κ2) is 12.0. The Balaban J connectivity index is 1.72. The van der Waals surface area contributed by atoms with Crippen LogP contribution in [0.5, 0.6) is 5.75 Å². The summed E-state index contributed by atoms with van der Waals surface area (Å²) in [5, 5.41) is 7.96. The smallest absolute Gasteiger partial charge is 0.255 e. The molecule has 184 valence electrons. The Labute approximate surface area is 198 Å². The normalized spacial score (nSPS) is 20.4. The molecule has 1 atom stereocenters. The van der Waals surface area contributed by atoms with Crippen molar-refractivity contribution >= 4 is 29.5 Å². The summed E-state index contributed by atoms with van der Waals surface area (Å²) < 4.78 is 5.73. The molecule has 2 heterocycles. The fourth-order valence-corrected chi connectivity index (χ4v) is 3.78. The van der Waals surface area contributed by atoms with Crippen molar-refractivity contribution in [3.63, 3.8) is 0 Å². The van der Waals surface area contributed by atoms with E-state index in [0.717, 1.165) is 6.42 Å². The molecular formula is C23H31N5O6. The summed E-state index contributed by atoms with van der Waals surface area (Å²) in [6.07, 6.45) is 1.11. The number of likely N-dealkylation sites (N-methyl/N-ethyl adjacent to an activating group) is 1. The number of rotatable bonds is 4. The van der Waals surface area contributed by atoms with Crippen molar-refractivity contribution in [3.05, 3.63) is 29.8 Å². The van der Waals surface area contributed by atoms with Gasteiger partial charge in [-0.3, -0.25) is 24.0 Å². The molecule has 0 spiro atoms. The predicted octanol–water partition coefficient (Wildman–Crippen LogP) is -0.729. The number of benzene rings is 1. The average molecular weight is 474 g/mol. The lowest BCUT2D eigenvalue weighted by molar-refractivity contribution is -0.131. The molecular weight excluding hydrogens is 442 g/mol. The van der Waals surface area contributed by atoms with Crippen LogP contribution < -0.4 is 20.7 Å². The Bertz CT molecular complexity index is 936. The number of likely N-dealkylation sites (tertiary alicyclic amines) is 1. The van der Waals surface area contributed by atoms with Crippen LogP contribution >= 0.6 is 0 Å². The van der Waals surface area contributed by atoms with Gasteiger partial charge in [-0.25, -0.2) is 0 Å². The van der Waals surface area contributed by atoms with Crippen molar-refractivity contribution in [3.8, 4) is 5.75 Å². The summed E-state index contributed by atoms with van der Waals surface area (Å²) in [7, 11) is 1.64. The number of carbonyl (C=O) groups excluding carboxylic acids is 5. The molecule has 0 saturated carbocycles. The highest BCUT2D eigenvalue weighted by Gasteiger charge is 2.27. The van der Waals surface area contributed by atoms with Crippen LogP contribution in [0.25, 0.3) is 0 Å². The molecule has 0 aliphatic carbocycles. The lowest BCUT2D eigenvalue weighted by Crippen LogP contribution is -2.50. The Kier molecular flexibility index (Phi) is 8.83. The van der Waals surface area contributed by atoms with Gasteiger partial charge in [-0.2, -0.15) is 0 Å². The van der Waals surface area contributed by atoms with Gasteiger partial charge in [0, 0.05) is 46.1 Å². The fourth-order valence-electron chi connectivity index (χ4n) is 3.78. The minimum absolute atomic E-state index is 0.0487. The Morgan fingerprint density at radius 3 is 2.68 bits per heavy atom. The maximum atomic E-state index is 13.0. The van der Waals surface area contributed by atoms with E-state index in [1.54, 1.807) is 36.2 Å². The zero-order chi connectivity index (χ0) is 24.5. The molecule has 11 nitrogen and oxygen atoms in total. The molecule has 2 aliphatic rings. The van der Waals surface area contributed by atoms with Gasteiger partial charge in [0.05, 0.1) is 18.5 Å². The average Bonchev–Trinajstić information content (AvgIpc) is 3.22. The van der Waals surface area contributed by atoms with Gasteiger partial charge in [0.2, 0.25) is 23.6 Å². The topological polar surface area (TPSA) is 137 Å². The molecule has 5 amide bonds. The quantitative estimate of drug-likeness (QED) is 0.527. The predicted molar refractivity (Wildman–Crippen MR) is 122 cm³/mol. The largest absolute Gasteiger partial charge is 0.491 e. The van der Waals surface area contributed by atoms with Gasteiger partial charge in [-0.15, -0.1) is 0 Å². The number of carbonyl (C=O) groups is 5. The van der Waals surface area contributed by atoms with Crippen LogP contribution in [0.1, 0.15) is 36.0 Å². The van der Waals surface area contributed by atoms with E-state index < -0.39 is 23.8 Å². The summed E-state index contributed by atoms with van der Waals surface area (Å²) in [6.45, 7) is 1.83. The maximum Gasteiger partial charge on any atom is 0.255 e. The van der Waals surface area contributed by atoms with Gasteiger partial charge >= 0.3 is 0 Å². The molecule has 34 heavy (non-hydrogen) atoms. The van der Waals surface area contributed by atoms with Gasteiger partial charge in [0.1, 0.15) is 18.4 Å². The molecule has 0 aromatic heterocycles. The van der Waals surface area contributed by atoms with E-state index in [1.807, 2.05) is 0 Å². The summed E-state index contributed by atoms with van der Waals surface area (Å²) in [5.41, 5.74) is 0.215. The Morgan fingerprint density at radius 1 is 1.12 bits per heavy atom. The van der Waals surface area contributed by atoms with E-state index in [2.05, 4.69) is 16.0 Å². The third-order valence-corrected chi connectivity index (χ3v) is 5.77. The number of amides is 5. The van der Waals surface area contributed by atoms with E-state index in [4.69, 9.17) is 4.74 Å². The molecule has 1 aromatic carbocycles. The molecule has 1 aromatic rings. The van der Waals surface area contributed by atoms with E-state index in [-0.39, 0.29) is 49.9 Å². The molecule has 0 bridgehead atoms. The first-order chi connectivity index (χ1) is 16.3. The van der Waals surface area contributed by atoms with Crippen LogP contribution in [0, 0.1) is 0 Å². The van der Waals surface area contributed by atoms with Crippen molar-refractivity contribution in [2.24, 2.45) is 0 Å². The number of nitrogens with one attached hydrogen (secondary N) is 3. The highest BCUT2D eigenvalue weighted by molar-refractivity contribution is 6.00. The SMILES string of the molecule is CN1CCOc2ccccc2C(=O)N[C@H](C(=O)NCCN2CCCC2=O)CC(=O)NCCC1=O. The molecule has 0 unspecified atom stereocenters. The lowest BCUT2D eigenvalue weighted by atomic mass is 10.1. The number of hydrogen-bond donors (Lipinski definition) is 3. The Morgan fingerprint density at radius 2 is 1.91 bits per heavy atom. The first-order valence-corrected chi connectivity index (χ1v) is 11.4. The molecule has 2 aliphatic heterocycles. The molecule has 0 radical (unpaired) electrons. The van der Waals surface area contributed by atoms with Crippen LogP contribution in [0.3, 0.4) is 0 Å². The van der Waals surface area contributed by atoms with Crippen molar-refractivity contribution in [1.29, 1.82) is 0 Å². The Hall–Kier alpha value is -3.63. The van der Waals surface area contributed by atoms with E-state index in [1.165, 1.54) is 4.90 Å². The van der Waals surface area contributed by atoms with Crippen molar-refractivity contribution < 1.29 is 28.7 Å². The second-order valence-electron chi connectivity index (χ2n) is 8.27. The van der Waals surface area contributed by atoms with Crippen molar-refractivity contribution in [2.45, 2.75) is 31.7 Å². The minimum Gasteiger partial charge on any atom is -0.491 e. The first kappa shape index (κ1) is 25.0. The van der Waals surface area contributed by atoms with Gasteiger partial charge in [-0.1, -0.05) is 12.1 Å². The zero-order valence-electron chi connectivity index (χ0n) is 19.3. The van der Waals surface area contributed by atoms with Crippen LogP contribution in [0.2, 0.25) is 0 Å². The fraction of sp³-hybridized carbons (Fsp3) is 0.522.